The number of methoxy groups -OCH3 is 1. The summed E-state index contributed by atoms with van der Waals surface area (Å²) in [6.07, 6.45) is 4.51. The number of nitrogens with zero attached hydrogens (tertiary/aromatic N) is 2. The summed E-state index contributed by atoms with van der Waals surface area (Å²) in [6.45, 7) is 0. The van der Waals surface area contributed by atoms with Gasteiger partial charge in [-0.3, -0.25) is 4.21 Å². The van der Waals surface area contributed by atoms with Crippen molar-refractivity contribution in [3.8, 4) is 5.75 Å². The average Bonchev–Trinajstić information content (AvgIpc) is 2.05. The SMILES string of the molecule is COc1cnc([S@@](C)=O)nc1. The van der Waals surface area contributed by atoms with Gasteiger partial charge < -0.3 is 4.74 Å². The Bertz CT molecular complexity index is 260. The van der Waals surface area contributed by atoms with Crippen LogP contribution in [0.25, 0.3) is 0 Å². The molecule has 1 heterocycles. The van der Waals surface area contributed by atoms with Gasteiger partial charge in [0, 0.05) is 6.26 Å². The molecule has 0 aliphatic rings. The van der Waals surface area contributed by atoms with Crippen molar-refractivity contribution in [2.45, 2.75) is 5.16 Å². The molecule has 0 saturated heterocycles. The van der Waals surface area contributed by atoms with Gasteiger partial charge in [-0.25, -0.2) is 9.97 Å². The third kappa shape index (κ3) is 1.98. The van der Waals surface area contributed by atoms with E-state index in [0.717, 1.165) is 0 Å². The van der Waals surface area contributed by atoms with Crippen molar-refractivity contribution in [2.24, 2.45) is 0 Å². The first-order valence-electron chi connectivity index (χ1n) is 2.93. The van der Waals surface area contributed by atoms with Crippen molar-refractivity contribution in [1.29, 1.82) is 0 Å². The summed E-state index contributed by atoms with van der Waals surface area (Å²) in [4.78, 5) is 7.63. The van der Waals surface area contributed by atoms with Crippen LogP contribution in [0.1, 0.15) is 0 Å². The standard InChI is InChI=1S/C6H8N2O2S/c1-10-5-3-7-6(8-4-5)11(2)9/h3-4H,1-2H3/t11-/m1/s1. The van der Waals surface area contributed by atoms with Crippen LogP contribution in [0.5, 0.6) is 5.75 Å². The zero-order valence-corrected chi connectivity index (χ0v) is 7.09. The van der Waals surface area contributed by atoms with E-state index in [2.05, 4.69) is 9.97 Å². The zero-order chi connectivity index (χ0) is 8.27. The molecule has 0 unspecified atom stereocenters. The van der Waals surface area contributed by atoms with E-state index >= 15 is 0 Å². The molecule has 0 N–H and O–H groups in total. The maximum atomic E-state index is 10.8. The lowest BCUT2D eigenvalue weighted by molar-refractivity contribution is 0.409. The van der Waals surface area contributed by atoms with Crippen LogP contribution in [0.4, 0.5) is 0 Å². The van der Waals surface area contributed by atoms with Gasteiger partial charge in [0.25, 0.3) is 0 Å². The molecule has 1 rings (SSSR count). The van der Waals surface area contributed by atoms with Gasteiger partial charge in [0.2, 0.25) is 5.16 Å². The summed E-state index contributed by atoms with van der Waals surface area (Å²) in [5, 5.41) is 0.325. The quantitative estimate of drug-likeness (QED) is 0.599. The Hall–Kier alpha value is -0.970. The van der Waals surface area contributed by atoms with Gasteiger partial charge in [-0.2, -0.15) is 0 Å². The second kappa shape index (κ2) is 3.43. The van der Waals surface area contributed by atoms with Gasteiger partial charge in [-0.05, 0) is 0 Å². The van der Waals surface area contributed by atoms with Crippen molar-refractivity contribution in [3.05, 3.63) is 12.4 Å². The van der Waals surface area contributed by atoms with E-state index in [4.69, 9.17) is 4.74 Å². The van der Waals surface area contributed by atoms with E-state index in [0.29, 0.717) is 10.9 Å². The van der Waals surface area contributed by atoms with Gasteiger partial charge >= 0.3 is 0 Å². The fraction of sp³-hybridized carbons (Fsp3) is 0.333. The number of aromatic nitrogens is 2. The first kappa shape index (κ1) is 8.13. The lowest BCUT2D eigenvalue weighted by Gasteiger charge is -1.97. The molecule has 60 valence electrons. The van der Waals surface area contributed by atoms with Gasteiger partial charge in [0.15, 0.2) is 5.75 Å². The summed E-state index contributed by atoms with van der Waals surface area (Å²) in [6, 6.07) is 0. The molecular formula is C6H8N2O2S. The molecule has 1 atom stereocenters. The van der Waals surface area contributed by atoms with Gasteiger partial charge in [0.05, 0.1) is 30.3 Å². The number of rotatable bonds is 2. The predicted molar refractivity (Wildman–Crippen MR) is 40.9 cm³/mol. The van der Waals surface area contributed by atoms with Crippen molar-refractivity contribution in [2.75, 3.05) is 13.4 Å². The van der Waals surface area contributed by atoms with Crippen LogP contribution in [0.3, 0.4) is 0 Å². The Morgan fingerprint density at radius 2 is 2.00 bits per heavy atom. The molecule has 1 aromatic heterocycles. The van der Waals surface area contributed by atoms with Gasteiger partial charge in [0.1, 0.15) is 0 Å². The van der Waals surface area contributed by atoms with Crippen LogP contribution in [0.2, 0.25) is 0 Å². The maximum Gasteiger partial charge on any atom is 0.218 e. The summed E-state index contributed by atoms with van der Waals surface area (Å²) < 4.78 is 15.6. The predicted octanol–water partition coefficient (Wildman–Crippen LogP) is 0.223. The van der Waals surface area contributed by atoms with Crippen LogP contribution in [-0.2, 0) is 10.8 Å². The molecule has 0 aliphatic heterocycles. The molecular weight excluding hydrogens is 164 g/mol. The van der Waals surface area contributed by atoms with Gasteiger partial charge in [-0.1, -0.05) is 0 Å². The summed E-state index contributed by atoms with van der Waals surface area (Å²) in [5.41, 5.74) is 0. The minimum absolute atomic E-state index is 0.325. The molecule has 1 aromatic rings. The first-order valence-corrected chi connectivity index (χ1v) is 4.49. The Labute approximate surface area is 67.1 Å². The fourth-order valence-electron chi connectivity index (χ4n) is 0.558. The Kier molecular flexibility index (Phi) is 2.53. The van der Waals surface area contributed by atoms with E-state index in [-0.39, 0.29) is 0 Å². The second-order valence-corrected chi connectivity index (χ2v) is 3.13. The number of hydrogen-bond donors (Lipinski definition) is 0. The lowest BCUT2D eigenvalue weighted by atomic mass is 10.6. The molecule has 0 spiro atoms. The molecule has 4 nitrogen and oxygen atoms in total. The average molecular weight is 172 g/mol. The smallest absolute Gasteiger partial charge is 0.218 e. The summed E-state index contributed by atoms with van der Waals surface area (Å²) in [7, 11) is 0.412. The molecule has 0 fully saturated rings. The molecule has 5 heteroatoms. The minimum atomic E-state index is -1.12. The van der Waals surface area contributed by atoms with Crippen LogP contribution in [-0.4, -0.2) is 27.5 Å². The molecule has 0 aromatic carbocycles. The van der Waals surface area contributed by atoms with E-state index in [9.17, 15) is 4.21 Å². The zero-order valence-electron chi connectivity index (χ0n) is 6.27. The van der Waals surface area contributed by atoms with E-state index in [1.165, 1.54) is 25.8 Å². The Balaban J connectivity index is 2.91. The van der Waals surface area contributed by atoms with Crippen molar-refractivity contribution in [1.82, 2.24) is 9.97 Å². The van der Waals surface area contributed by atoms with Crippen LogP contribution >= 0.6 is 0 Å². The molecule has 0 saturated carbocycles. The topological polar surface area (TPSA) is 52.1 Å². The largest absolute Gasteiger partial charge is 0.494 e. The lowest BCUT2D eigenvalue weighted by Crippen LogP contribution is -1.96. The highest BCUT2D eigenvalue weighted by molar-refractivity contribution is 7.84. The van der Waals surface area contributed by atoms with E-state index < -0.39 is 10.8 Å². The van der Waals surface area contributed by atoms with Crippen molar-refractivity contribution >= 4 is 10.8 Å². The van der Waals surface area contributed by atoms with E-state index in [1.54, 1.807) is 0 Å². The Morgan fingerprint density at radius 1 is 1.45 bits per heavy atom. The number of ether oxygens (including phenoxy) is 1. The van der Waals surface area contributed by atoms with Crippen LogP contribution in [0.15, 0.2) is 17.6 Å². The maximum absolute atomic E-state index is 10.8. The van der Waals surface area contributed by atoms with Crippen LogP contribution < -0.4 is 4.74 Å². The van der Waals surface area contributed by atoms with Crippen LogP contribution in [0, 0.1) is 0 Å². The fourth-order valence-corrected chi connectivity index (χ4v) is 0.960. The normalized spacial score (nSPS) is 12.5. The highest BCUT2D eigenvalue weighted by Gasteiger charge is 1.99. The van der Waals surface area contributed by atoms with Crippen molar-refractivity contribution < 1.29 is 8.95 Å². The number of hydrogen-bond acceptors (Lipinski definition) is 4. The second-order valence-electron chi connectivity index (χ2n) is 1.86. The Morgan fingerprint density at radius 3 is 2.36 bits per heavy atom. The molecule has 0 bridgehead atoms. The van der Waals surface area contributed by atoms with Crippen molar-refractivity contribution in [3.63, 3.8) is 0 Å². The first-order chi connectivity index (χ1) is 5.24. The molecule has 0 aliphatic carbocycles. The summed E-state index contributed by atoms with van der Waals surface area (Å²) >= 11 is 0. The highest BCUT2D eigenvalue weighted by Crippen LogP contribution is 2.05. The third-order valence-electron chi connectivity index (χ3n) is 1.10. The highest BCUT2D eigenvalue weighted by atomic mass is 32.2. The molecule has 0 amide bonds. The van der Waals surface area contributed by atoms with Gasteiger partial charge in [-0.15, -0.1) is 0 Å². The molecule has 0 radical (unpaired) electrons. The summed E-state index contributed by atoms with van der Waals surface area (Å²) in [5.74, 6) is 0.569. The minimum Gasteiger partial charge on any atom is -0.494 e. The third-order valence-corrected chi connectivity index (χ3v) is 1.82. The monoisotopic (exact) mass is 172 g/mol. The molecule has 11 heavy (non-hydrogen) atoms. The van der Waals surface area contributed by atoms with E-state index in [1.807, 2.05) is 0 Å².